The number of amides is 1. The van der Waals surface area contributed by atoms with Gasteiger partial charge in [0.2, 0.25) is 5.95 Å². The number of rotatable bonds is 5. The molecule has 6 rings (SSSR count). The molecule has 1 aromatic carbocycles. The van der Waals surface area contributed by atoms with Crippen LogP contribution < -0.4 is 5.32 Å². The molecule has 0 spiro atoms. The van der Waals surface area contributed by atoms with Crippen LogP contribution in [0.5, 0.6) is 0 Å². The highest BCUT2D eigenvalue weighted by Gasteiger charge is 2.33. The van der Waals surface area contributed by atoms with E-state index in [4.69, 9.17) is 0 Å². The van der Waals surface area contributed by atoms with Crippen molar-refractivity contribution in [1.29, 1.82) is 0 Å². The Hall–Kier alpha value is -4.19. The van der Waals surface area contributed by atoms with Gasteiger partial charge in [-0.05, 0) is 51.0 Å². The molecule has 4 aromatic rings. The number of aromatic nitrogens is 5. The van der Waals surface area contributed by atoms with Gasteiger partial charge in [0.05, 0.1) is 11.7 Å². The van der Waals surface area contributed by atoms with Gasteiger partial charge in [0.1, 0.15) is 22.9 Å². The lowest BCUT2D eigenvalue weighted by Crippen LogP contribution is -2.53. The number of anilines is 2. The van der Waals surface area contributed by atoms with Crippen molar-refractivity contribution in [1.82, 2.24) is 34.3 Å². The van der Waals surface area contributed by atoms with Gasteiger partial charge in [0, 0.05) is 55.9 Å². The number of carboxylic acid groups (broad SMARTS) is 1. The monoisotopic (exact) mass is 548 g/mol. The Bertz CT molecular complexity index is 1600. The zero-order chi connectivity index (χ0) is 28.2. The Labute approximate surface area is 229 Å². The van der Waals surface area contributed by atoms with Gasteiger partial charge in [-0.1, -0.05) is 6.07 Å². The number of benzene rings is 1. The van der Waals surface area contributed by atoms with E-state index in [1.807, 2.05) is 17.6 Å². The Balaban J connectivity index is 1.20. The summed E-state index contributed by atoms with van der Waals surface area (Å²) in [6, 6.07) is 6.61. The van der Waals surface area contributed by atoms with Crippen molar-refractivity contribution in [2.45, 2.75) is 51.7 Å². The molecule has 208 valence electrons. The van der Waals surface area contributed by atoms with Crippen molar-refractivity contribution in [3.63, 3.8) is 0 Å². The van der Waals surface area contributed by atoms with Gasteiger partial charge in [-0.15, -0.1) is 0 Å². The van der Waals surface area contributed by atoms with Gasteiger partial charge < -0.3 is 19.9 Å². The number of fused-ring (bicyclic) bond motifs is 3. The van der Waals surface area contributed by atoms with E-state index >= 15 is 4.39 Å². The molecule has 1 amide bonds. The molecule has 1 atom stereocenters. The molecule has 3 aromatic heterocycles. The molecule has 10 nitrogen and oxygen atoms in total. The van der Waals surface area contributed by atoms with E-state index in [1.165, 1.54) is 11.0 Å². The highest BCUT2D eigenvalue weighted by Crippen LogP contribution is 2.38. The highest BCUT2D eigenvalue weighted by atomic mass is 19.1. The van der Waals surface area contributed by atoms with Crippen LogP contribution in [0.25, 0.3) is 22.3 Å². The molecular formula is C28H30F2N8O2. The molecule has 2 N–H and O–H groups in total. The number of hydrogen-bond donors (Lipinski definition) is 2. The van der Waals surface area contributed by atoms with Crippen molar-refractivity contribution in [2.24, 2.45) is 0 Å². The van der Waals surface area contributed by atoms with Crippen LogP contribution in [0.2, 0.25) is 0 Å². The van der Waals surface area contributed by atoms with Crippen LogP contribution in [0, 0.1) is 11.6 Å². The first-order chi connectivity index (χ1) is 19.1. The molecule has 12 heteroatoms. The van der Waals surface area contributed by atoms with E-state index in [-0.39, 0.29) is 28.7 Å². The molecule has 0 saturated carbocycles. The van der Waals surface area contributed by atoms with E-state index in [2.05, 4.69) is 44.0 Å². The fourth-order valence-electron chi connectivity index (χ4n) is 5.75. The lowest BCUT2D eigenvalue weighted by atomic mass is 10.0. The average molecular weight is 549 g/mol. The highest BCUT2D eigenvalue weighted by molar-refractivity contribution is 5.83. The SMILES string of the molecule is C[C@H]1CN(Cc2ccc(Nc3ncc(F)c(-c4cc(F)c5nc6n(c5c4)C(C)(C)CC6)n3)nc2)CCN1C(=O)O. The smallest absolute Gasteiger partial charge is 0.407 e. The number of imidazole rings is 1. The summed E-state index contributed by atoms with van der Waals surface area (Å²) >= 11 is 0. The fraction of sp³-hybridized carbons (Fsp3) is 0.393. The van der Waals surface area contributed by atoms with Gasteiger partial charge in [0.25, 0.3) is 0 Å². The van der Waals surface area contributed by atoms with Crippen LogP contribution >= 0.6 is 0 Å². The molecule has 0 radical (unpaired) electrons. The molecular weight excluding hydrogens is 518 g/mol. The number of nitrogens with one attached hydrogen (secondary N) is 1. The van der Waals surface area contributed by atoms with Gasteiger partial charge in [-0.2, -0.15) is 0 Å². The predicted molar refractivity (Wildman–Crippen MR) is 145 cm³/mol. The summed E-state index contributed by atoms with van der Waals surface area (Å²) in [5, 5.41) is 12.3. The second-order valence-electron chi connectivity index (χ2n) is 11.1. The van der Waals surface area contributed by atoms with Crippen molar-refractivity contribution in [2.75, 3.05) is 25.0 Å². The minimum atomic E-state index is -0.893. The summed E-state index contributed by atoms with van der Waals surface area (Å²) < 4.78 is 32.0. The maximum Gasteiger partial charge on any atom is 0.407 e. The topological polar surface area (TPSA) is 112 Å². The Morgan fingerprint density at radius 3 is 2.67 bits per heavy atom. The average Bonchev–Trinajstić information content (AvgIpc) is 3.43. The quantitative estimate of drug-likeness (QED) is 0.367. The van der Waals surface area contributed by atoms with Crippen LogP contribution in [0.3, 0.4) is 0 Å². The van der Waals surface area contributed by atoms with E-state index < -0.39 is 17.7 Å². The first-order valence-electron chi connectivity index (χ1n) is 13.3. The molecule has 0 aliphatic carbocycles. The Kier molecular flexibility index (Phi) is 6.37. The van der Waals surface area contributed by atoms with Crippen LogP contribution in [0.1, 0.15) is 38.6 Å². The van der Waals surface area contributed by atoms with Crippen molar-refractivity contribution in [3.8, 4) is 11.3 Å². The van der Waals surface area contributed by atoms with Crippen LogP contribution in [0.4, 0.5) is 25.3 Å². The Morgan fingerprint density at radius 1 is 1.12 bits per heavy atom. The minimum Gasteiger partial charge on any atom is -0.465 e. The van der Waals surface area contributed by atoms with Crippen LogP contribution in [-0.2, 0) is 18.5 Å². The number of carbonyl (C=O) groups is 1. The number of nitrogens with zero attached hydrogens (tertiary/aromatic N) is 7. The molecule has 5 heterocycles. The predicted octanol–water partition coefficient (Wildman–Crippen LogP) is 4.78. The third-order valence-corrected chi connectivity index (χ3v) is 7.79. The van der Waals surface area contributed by atoms with Crippen LogP contribution in [-0.4, -0.2) is 71.2 Å². The standard InChI is InChI=1S/C28H30F2N8O2/c1-16-14-36(8-9-37(16)27(39)40)15-17-4-5-22(31-12-17)33-26-32-13-20(30)24(35-26)18-10-19(29)25-21(11-18)38-23(34-25)6-7-28(38,2)3/h4-5,10-13,16H,6-9,14-15H2,1-3H3,(H,39,40)(H,31,32,33,35)/t16-/m0/s1. The van der Waals surface area contributed by atoms with E-state index in [9.17, 15) is 14.3 Å². The first-order valence-corrected chi connectivity index (χ1v) is 13.3. The second-order valence-corrected chi connectivity index (χ2v) is 11.1. The van der Waals surface area contributed by atoms with Gasteiger partial charge in [0.15, 0.2) is 11.6 Å². The molecule has 40 heavy (non-hydrogen) atoms. The summed E-state index contributed by atoms with van der Waals surface area (Å²) in [6.45, 7) is 8.47. The van der Waals surface area contributed by atoms with E-state index in [0.717, 1.165) is 30.4 Å². The van der Waals surface area contributed by atoms with Crippen molar-refractivity contribution < 1.29 is 18.7 Å². The third-order valence-electron chi connectivity index (χ3n) is 7.79. The summed E-state index contributed by atoms with van der Waals surface area (Å²) in [5.74, 6) is 0.254. The summed E-state index contributed by atoms with van der Waals surface area (Å²) in [5.41, 5.74) is 1.95. The molecule has 2 aliphatic heterocycles. The maximum absolute atomic E-state index is 15.1. The largest absolute Gasteiger partial charge is 0.465 e. The number of piperazine rings is 1. The fourth-order valence-corrected chi connectivity index (χ4v) is 5.75. The minimum absolute atomic E-state index is 0.0177. The van der Waals surface area contributed by atoms with Gasteiger partial charge in [-0.25, -0.2) is 33.5 Å². The first kappa shape index (κ1) is 26.1. The molecule has 1 saturated heterocycles. The van der Waals surface area contributed by atoms with Gasteiger partial charge >= 0.3 is 6.09 Å². The lowest BCUT2D eigenvalue weighted by Gasteiger charge is -2.38. The molecule has 1 fully saturated rings. The number of halogens is 2. The van der Waals surface area contributed by atoms with Gasteiger partial charge in [-0.3, -0.25) is 4.90 Å². The second kappa shape index (κ2) is 9.77. The summed E-state index contributed by atoms with van der Waals surface area (Å²) in [7, 11) is 0. The number of pyridine rings is 1. The maximum atomic E-state index is 15.1. The molecule has 0 bridgehead atoms. The third kappa shape index (κ3) is 4.72. The Morgan fingerprint density at radius 2 is 1.95 bits per heavy atom. The van der Waals surface area contributed by atoms with E-state index in [1.54, 1.807) is 18.3 Å². The molecule has 2 aliphatic rings. The summed E-state index contributed by atoms with van der Waals surface area (Å²) in [4.78, 5) is 32.3. The zero-order valence-corrected chi connectivity index (χ0v) is 22.5. The molecule has 0 unspecified atom stereocenters. The number of aryl methyl sites for hydroxylation is 1. The lowest BCUT2D eigenvalue weighted by molar-refractivity contribution is 0.0711. The number of hydrogen-bond acceptors (Lipinski definition) is 7. The van der Waals surface area contributed by atoms with Crippen LogP contribution in [0.15, 0.2) is 36.7 Å². The van der Waals surface area contributed by atoms with Crippen molar-refractivity contribution in [3.05, 3.63) is 59.7 Å². The zero-order valence-electron chi connectivity index (χ0n) is 22.5. The summed E-state index contributed by atoms with van der Waals surface area (Å²) in [6.07, 6.45) is 3.56. The normalized spacial score (nSPS) is 18.7. The van der Waals surface area contributed by atoms with Crippen molar-refractivity contribution >= 4 is 28.9 Å². The van der Waals surface area contributed by atoms with E-state index in [0.29, 0.717) is 43.1 Å².